The molecule has 1 saturated heterocycles. The highest BCUT2D eigenvalue weighted by atomic mass is 19.1. The fourth-order valence-corrected chi connectivity index (χ4v) is 2.83. The molecular weight excluding hydrogens is 283 g/mol. The number of rotatable bonds is 2. The van der Waals surface area contributed by atoms with Crippen molar-refractivity contribution in [3.8, 4) is 0 Å². The largest absolute Gasteiger partial charge is 0.466 e. The first-order chi connectivity index (χ1) is 10.5. The third-order valence-corrected chi connectivity index (χ3v) is 4.03. The predicted octanol–water partition coefficient (Wildman–Crippen LogP) is 3.00. The van der Waals surface area contributed by atoms with Gasteiger partial charge in [-0.15, -0.1) is 0 Å². The minimum atomic E-state index is -0.233. The van der Waals surface area contributed by atoms with Crippen LogP contribution in [-0.2, 0) is 0 Å². The van der Waals surface area contributed by atoms with Gasteiger partial charge >= 0.3 is 0 Å². The summed E-state index contributed by atoms with van der Waals surface area (Å²) in [4.78, 5) is 16.5. The van der Waals surface area contributed by atoms with Crippen molar-refractivity contribution in [1.29, 1.82) is 0 Å². The van der Waals surface area contributed by atoms with E-state index in [9.17, 15) is 9.18 Å². The molecule has 3 rings (SSSR count). The molecule has 2 heterocycles. The number of anilines is 1. The van der Waals surface area contributed by atoms with Crippen LogP contribution in [0.15, 0.2) is 34.7 Å². The number of hydrogen-bond donors (Lipinski definition) is 0. The summed E-state index contributed by atoms with van der Waals surface area (Å²) in [5.74, 6) is 1.21. The molecule has 1 aromatic carbocycles. The summed E-state index contributed by atoms with van der Waals surface area (Å²) in [5, 5.41) is 0. The van der Waals surface area contributed by atoms with Crippen molar-refractivity contribution in [3.05, 3.63) is 53.2 Å². The van der Waals surface area contributed by atoms with Crippen molar-refractivity contribution in [1.82, 2.24) is 4.90 Å². The molecule has 4 nitrogen and oxygen atoms in total. The molecule has 116 valence electrons. The van der Waals surface area contributed by atoms with E-state index in [-0.39, 0.29) is 11.7 Å². The van der Waals surface area contributed by atoms with Gasteiger partial charge in [-0.1, -0.05) is 0 Å². The number of nitrogens with zero attached hydrogens (tertiary/aromatic N) is 2. The molecule has 22 heavy (non-hydrogen) atoms. The van der Waals surface area contributed by atoms with Crippen LogP contribution < -0.4 is 4.90 Å². The second-order valence-electron chi connectivity index (χ2n) is 5.58. The van der Waals surface area contributed by atoms with E-state index >= 15 is 0 Å². The van der Waals surface area contributed by atoms with Crippen LogP contribution in [0, 0.1) is 19.7 Å². The number of amides is 1. The molecule has 1 amide bonds. The number of piperazine rings is 1. The molecule has 0 N–H and O–H groups in total. The highest BCUT2D eigenvalue weighted by molar-refractivity contribution is 5.95. The Hall–Kier alpha value is -2.30. The number of halogens is 1. The second kappa shape index (κ2) is 5.83. The Morgan fingerprint density at radius 3 is 2.27 bits per heavy atom. The topological polar surface area (TPSA) is 36.7 Å². The van der Waals surface area contributed by atoms with E-state index in [1.165, 1.54) is 12.1 Å². The fraction of sp³-hybridized carbons (Fsp3) is 0.353. The number of benzene rings is 1. The van der Waals surface area contributed by atoms with Crippen LogP contribution in [-0.4, -0.2) is 37.0 Å². The summed E-state index contributed by atoms with van der Waals surface area (Å²) >= 11 is 0. The first-order valence-corrected chi connectivity index (χ1v) is 7.41. The average Bonchev–Trinajstić information content (AvgIpc) is 2.86. The van der Waals surface area contributed by atoms with E-state index in [0.717, 1.165) is 24.5 Å². The molecule has 0 aliphatic carbocycles. The maximum Gasteiger partial charge on any atom is 0.257 e. The van der Waals surface area contributed by atoms with Crippen LogP contribution in [0.5, 0.6) is 0 Å². The van der Waals surface area contributed by atoms with Gasteiger partial charge < -0.3 is 14.2 Å². The van der Waals surface area contributed by atoms with Crippen LogP contribution in [0.1, 0.15) is 21.9 Å². The molecule has 1 aliphatic rings. The minimum Gasteiger partial charge on any atom is -0.466 e. The van der Waals surface area contributed by atoms with Gasteiger partial charge in [0, 0.05) is 31.9 Å². The lowest BCUT2D eigenvalue weighted by atomic mass is 10.2. The smallest absolute Gasteiger partial charge is 0.257 e. The highest BCUT2D eigenvalue weighted by Gasteiger charge is 2.24. The van der Waals surface area contributed by atoms with Gasteiger partial charge in [0.25, 0.3) is 5.91 Å². The summed E-state index contributed by atoms with van der Waals surface area (Å²) < 4.78 is 18.4. The van der Waals surface area contributed by atoms with Crippen LogP contribution in [0.25, 0.3) is 0 Å². The first kappa shape index (κ1) is 14.6. The van der Waals surface area contributed by atoms with E-state index in [0.29, 0.717) is 24.4 Å². The Labute approximate surface area is 129 Å². The second-order valence-corrected chi connectivity index (χ2v) is 5.58. The summed E-state index contributed by atoms with van der Waals surface area (Å²) in [5.41, 5.74) is 1.64. The molecule has 0 radical (unpaired) electrons. The number of carbonyl (C=O) groups is 1. The zero-order valence-electron chi connectivity index (χ0n) is 12.8. The molecular formula is C17H19FN2O2. The van der Waals surface area contributed by atoms with E-state index in [2.05, 4.69) is 4.90 Å². The van der Waals surface area contributed by atoms with Gasteiger partial charge in [0.15, 0.2) is 0 Å². The van der Waals surface area contributed by atoms with Crippen molar-refractivity contribution < 1.29 is 13.6 Å². The molecule has 0 unspecified atom stereocenters. The third kappa shape index (κ3) is 2.84. The normalized spacial score (nSPS) is 15.2. The van der Waals surface area contributed by atoms with Crippen molar-refractivity contribution in [3.63, 3.8) is 0 Å². The van der Waals surface area contributed by atoms with E-state index in [1.54, 1.807) is 18.2 Å². The lowest BCUT2D eigenvalue weighted by molar-refractivity contribution is 0.0745. The zero-order chi connectivity index (χ0) is 15.7. The lowest BCUT2D eigenvalue weighted by Crippen LogP contribution is -2.48. The van der Waals surface area contributed by atoms with Crippen molar-refractivity contribution in [2.24, 2.45) is 0 Å². The summed E-state index contributed by atoms with van der Waals surface area (Å²) in [6, 6.07) is 8.27. The van der Waals surface area contributed by atoms with Gasteiger partial charge in [0.05, 0.1) is 5.56 Å². The van der Waals surface area contributed by atoms with Crippen LogP contribution in [0.3, 0.4) is 0 Å². The van der Waals surface area contributed by atoms with Gasteiger partial charge in [0.1, 0.15) is 17.3 Å². The molecule has 1 aliphatic heterocycles. The minimum absolute atomic E-state index is 0.0214. The summed E-state index contributed by atoms with van der Waals surface area (Å²) in [6.45, 7) is 6.45. The predicted molar refractivity (Wildman–Crippen MR) is 82.7 cm³/mol. The Morgan fingerprint density at radius 2 is 1.73 bits per heavy atom. The molecule has 0 atom stereocenters. The number of carbonyl (C=O) groups excluding carboxylic acids is 1. The maximum atomic E-state index is 13.0. The fourth-order valence-electron chi connectivity index (χ4n) is 2.83. The standard InChI is InChI=1S/C17H19FN2O2/c1-12-11-16(13(2)22-12)17(21)20-9-7-19(8-10-20)15-5-3-14(18)4-6-15/h3-6,11H,7-10H2,1-2H3. The van der Waals surface area contributed by atoms with Crippen LogP contribution in [0.2, 0.25) is 0 Å². The van der Waals surface area contributed by atoms with Gasteiger partial charge in [-0.2, -0.15) is 0 Å². The first-order valence-electron chi connectivity index (χ1n) is 7.41. The molecule has 2 aromatic rings. The zero-order valence-corrected chi connectivity index (χ0v) is 12.8. The van der Waals surface area contributed by atoms with Gasteiger partial charge in [-0.3, -0.25) is 4.79 Å². The van der Waals surface area contributed by atoms with Crippen molar-refractivity contribution in [2.45, 2.75) is 13.8 Å². The molecule has 0 saturated carbocycles. The molecule has 0 bridgehead atoms. The number of aryl methyl sites for hydroxylation is 2. The maximum absolute atomic E-state index is 13.0. The van der Waals surface area contributed by atoms with Gasteiger partial charge in [-0.25, -0.2) is 4.39 Å². The highest BCUT2D eigenvalue weighted by Crippen LogP contribution is 2.20. The average molecular weight is 302 g/mol. The van der Waals surface area contributed by atoms with E-state index < -0.39 is 0 Å². The van der Waals surface area contributed by atoms with E-state index in [1.807, 2.05) is 18.7 Å². The molecule has 1 fully saturated rings. The van der Waals surface area contributed by atoms with Crippen LogP contribution >= 0.6 is 0 Å². The Kier molecular flexibility index (Phi) is 3.88. The van der Waals surface area contributed by atoms with E-state index in [4.69, 9.17) is 4.42 Å². The van der Waals surface area contributed by atoms with Gasteiger partial charge in [0.2, 0.25) is 0 Å². The summed E-state index contributed by atoms with van der Waals surface area (Å²) in [6.07, 6.45) is 0. The summed E-state index contributed by atoms with van der Waals surface area (Å²) in [7, 11) is 0. The Morgan fingerprint density at radius 1 is 1.09 bits per heavy atom. The Balaban J connectivity index is 1.65. The molecule has 0 spiro atoms. The lowest BCUT2D eigenvalue weighted by Gasteiger charge is -2.36. The molecule has 5 heteroatoms. The molecule has 1 aromatic heterocycles. The number of hydrogen-bond acceptors (Lipinski definition) is 3. The van der Waals surface area contributed by atoms with Crippen molar-refractivity contribution in [2.75, 3.05) is 31.1 Å². The van der Waals surface area contributed by atoms with Crippen molar-refractivity contribution >= 4 is 11.6 Å². The Bertz CT molecular complexity index is 670. The van der Waals surface area contributed by atoms with Gasteiger partial charge in [-0.05, 0) is 44.2 Å². The monoisotopic (exact) mass is 302 g/mol. The van der Waals surface area contributed by atoms with Crippen LogP contribution in [0.4, 0.5) is 10.1 Å². The quantitative estimate of drug-likeness (QED) is 0.855. The number of furan rings is 1. The SMILES string of the molecule is Cc1cc(C(=O)N2CCN(c3ccc(F)cc3)CC2)c(C)o1. The third-order valence-electron chi connectivity index (χ3n) is 4.03.